The van der Waals surface area contributed by atoms with Crippen molar-refractivity contribution in [2.24, 2.45) is 0 Å². The second-order valence-corrected chi connectivity index (χ2v) is 22.7. The molecule has 0 aliphatic carbocycles. The normalized spacial score (nSPS) is 12.0. The average Bonchev–Trinajstić information content (AvgIpc) is 4.26. The first kappa shape index (κ1) is 51.9. The Hall–Kier alpha value is -8.88. The molecule has 0 unspecified atom stereocenters. The van der Waals surface area contributed by atoms with Gasteiger partial charge in [-0.25, -0.2) is 19.3 Å². The van der Waals surface area contributed by atoms with Gasteiger partial charge in [0.25, 0.3) is 0 Å². The van der Waals surface area contributed by atoms with Crippen molar-refractivity contribution in [3.63, 3.8) is 0 Å². The molecule has 0 bridgehead atoms. The summed E-state index contributed by atoms with van der Waals surface area (Å²) in [5.74, 6) is 3.23. The van der Waals surface area contributed by atoms with Crippen LogP contribution in [0.25, 0.3) is 101 Å². The third-order valence-corrected chi connectivity index (χ3v) is 15.4. The molecular weight excluding hydrogens is 986 g/mol. The zero-order chi connectivity index (χ0) is 55.5. The van der Waals surface area contributed by atoms with Gasteiger partial charge in [-0.05, 0) is 152 Å². The summed E-state index contributed by atoms with van der Waals surface area (Å²) in [6.07, 6.45) is 0. The van der Waals surface area contributed by atoms with Crippen LogP contribution in [0, 0.1) is 5.82 Å². The van der Waals surface area contributed by atoms with Crippen LogP contribution in [0.5, 0.6) is 11.5 Å². The molecule has 80 heavy (non-hydrogen) atoms. The van der Waals surface area contributed by atoms with E-state index in [1.165, 1.54) is 33.9 Å². The highest BCUT2D eigenvalue weighted by molar-refractivity contribution is 5.91. The van der Waals surface area contributed by atoms with Crippen LogP contribution in [0.2, 0.25) is 0 Å². The smallest absolute Gasteiger partial charge is 0.198 e. The molecule has 3 heterocycles. The first-order valence-corrected chi connectivity index (χ1v) is 28.2. The Kier molecular flexibility index (Phi) is 13.7. The number of para-hydroxylation sites is 3. The van der Waals surface area contributed by atoms with Crippen molar-refractivity contribution in [3.05, 3.63) is 222 Å². The Morgan fingerprint density at radius 3 is 1.46 bits per heavy atom. The zero-order valence-corrected chi connectivity index (χ0v) is 47.2. The predicted molar refractivity (Wildman–Crippen MR) is 327 cm³/mol. The van der Waals surface area contributed by atoms with Crippen molar-refractivity contribution in [2.45, 2.75) is 98.8 Å². The van der Waals surface area contributed by atoms with Crippen molar-refractivity contribution in [3.8, 4) is 79.0 Å². The number of oxazole rings is 1. The van der Waals surface area contributed by atoms with Gasteiger partial charge in [0.2, 0.25) is 0 Å². The Bertz CT molecular complexity index is 4200. The number of ether oxygens (including phenoxy) is 1. The highest BCUT2D eigenvalue weighted by atomic mass is 19.1. The molecule has 12 rings (SSSR count). The van der Waals surface area contributed by atoms with Gasteiger partial charge >= 0.3 is 0 Å². The molecule has 9 aromatic carbocycles. The van der Waals surface area contributed by atoms with Crippen LogP contribution in [-0.2, 0) is 0 Å². The lowest BCUT2D eigenvalue weighted by molar-refractivity contribution is 0.487. The number of hydrogen-bond acceptors (Lipinski definition) is 5. The van der Waals surface area contributed by atoms with E-state index >= 15 is 4.39 Å². The van der Waals surface area contributed by atoms with E-state index in [0.29, 0.717) is 50.9 Å². The Balaban J connectivity index is 1.02. The van der Waals surface area contributed by atoms with Gasteiger partial charge in [-0.2, -0.15) is 0 Å². The number of benzene rings is 9. The van der Waals surface area contributed by atoms with Gasteiger partial charge in [0.05, 0.1) is 27.9 Å². The van der Waals surface area contributed by atoms with Crippen LogP contribution in [0.15, 0.2) is 192 Å². The van der Waals surface area contributed by atoms with Gasteiger partial charge in [-0.15, -0.1) is 0 Å². The molecule has 3 aromatic heterocycles. The number of fused-ring (bicyclic) bond motifs is 3. The topological polar surface area (TPSA) is 70.9 Å². The molecule has 0 fully saturated rings. The minimum absolute atomic E-state index is 0.00262. The lowest BCUT2D eigenvalue weighted by Gasteiger charge is -2.24. The number of halogens is 1. The van der Waals surface area contributed by atoms with Crippen LogP contribution in [-0.4, -0.2) is 24.1 Å². The van der Waals surface area contributed by atoms with Crippen molar-refractivity contribution in [1.82, 2.24) is 24.1 Å². The summed E-state index contributed by atoms with van der Waals surface area (Å²) >= 11 is 0. The summed E-state index contributed by atoms with van der Waals surface area (Å²) in [7, 11) is 0. The molecule has 0 atom stereocenters. The first-order valence-electron chi connectivity index (χ1n) is 28.2. The van der Waals surface area contributed by atoms with E-state index in [0.717, 1.165) is 61.6 Å². The summed E-state index contributed by atoms with van der Waals surface area (Å²) in [5.41, 5.74) is 19.2. The number of rotatable bonds is 14. The van der Waals surface area contributed by atoms with Crippen LogP contribution >= 0.6 is 0 Å². The first-order chi connectivity index (χ1) is 38.7. The van der Waals surface area contributed by atoms with Crippen LogP contribution in [0.3, 0.4) is 0 Å². The lowest BCUT2D eigenvalue weighted by Crippen LogP contribution is -2.10. The van der Waals surface area contributed by atoms with E-state index in [1.807, 2.05) is 47.0 Å². The minimum atomic E-state index is -0.360. The largest absolute Gasteiger partial charge is 0.455 e. The van der Waals surface area contributed by atoms with Crippen molar-refractivity contribution in [2.75, 3.05) is 0 Å². The number of aromatic nitrogens is 5. The fourth-order valence-corrected chi connectivity index (χ4v) is 11.3. The molecule has 0 radical (unpaired) electrons. The molecule has 12 aromatic rings. The van der Waals surface area contributed by atoms with E-state index in [4.69, 9.17) is 24.1 Å². The highest BCUT2D eigenvalue weighted by Crippen LogP contribution is 2.45. The van der Waals surface area contributed by atoms with Crippen LogP contribution in [0.1, 0.15) is 127 Å². The highest BCUT2D eigenvalue weighted by Gasteiger charge is 2.28. The molecule has 0 aliphatic rings. The number of hydrogen-bond donors (Lipinski definition) is 0. The molecule has 0 aliphatic heterocycles. The summed E-state index contributed by atoms with van der Waals surface area (Å²) in [5, 5.41) is 0. The van der Waals surface area contributed by atoms with E-state index in [-0.39, 0.29) is 35.4 Å². The average molecular weight is 1050 g/mol. The molecule has 7 nitrogen and oxygen atoms in total. The van der Waals surface area contributed by atoms with Gasteiger partial charge in [0.15, 0.2) is 22.7 Å². The summed E-state index contributed by atoms with van der Waals surface area (Å²) < 4.78 is 35.0. The monoisotopic (exact) mass is 1050 g/mol. The predicted octanol–water partition coefficient (Wildman–Crippen LogP) is 20.4. The van der Waals surface area contributed by atoms with Crippen molar-refractivity contribution >= 4 is 33.2 Å². The molecule has 0 saturated heterocycles. The molecule has 0 amide bonds. The Morgan fingerprint density at radius 1 is 0.400 bits per heavy atom. The quantitative estimate of drug-likeness (QED) is 0.109. The Morgan fingerprint density at radius 2 is 0.875 bits per heavy atom. The van der Waals surface area contributed by atoms with E-state index in [2.05, 4.69) is 207 Å². The molecule has 0 N–H and O–H groups in total. The van der Waals surface area contributed by atoms with Crippen LogP contribution in [0.4, 0.5) is 4.39 Å². The third kappa shape index (κ3) is 9.46. The molecule has 8 heteroatoms. The summed E-state index contributed by atoms with van der Waals surface area (Å²) in [6.45, 7) is 22.0. The number of imidazole rings is 2. The maximum absolute atomic E-state index is 16.8. The van der Waals surface area contributed by atoms with Crippen molar-refractivity contribution in [1.29, 1.82) is 0 Å². The van der Waals surface area contributed by atoms with Gasteiger partial charge in [-0.3, -0.25) is 9.13 Å². The van der Waals surface area contributed by atoms with Gasteiger partial charge in [0.1, 0.15) is 28.7 Å². The SMILES string of the molecule is CC(C)c1nc2c(Oc3cccc(-c4nc5ccccc5n4-c4c(C(C)C)cc(-c5ccccc5)cc4C(C)C)c3)cc(-c3nc4cccc(F)c4n3-c3c(C(C)C)cc(-c4ccc(-c5ccccc5)cc4)cc3C(C)C)cc2o1. The van der Waals surface area contributed by atoms with Gasteiger partial charge < -0.3 is 9.15 Å². The fraction of sp³-hybridized carbons (Fsp3) is 0.208. The molecule has 0 saturated carbocycles. The van der Waals surface area contributed by atoms with E-state index < -0.39 is 0 Å². The molecule has 0 spiro atoms. The maximum Gasteiger partial charge on any atom is 0.198 e. The maximum atomic E-state index is 16.8. The third-order valence-electron chi connectivity index (χ3n) is 15.4. The Labute approximate surface area is 468 Å². The van der Waals surface area contributed by atoms with E-state index in [1.54, 1.807) is 6.07 Å². The van der Waals surface area contributed by atoms with E-state index in [9.17, 15) is 0 Å². The molecular formula is C72H66FN5O2. The molecule has 398 valence electrons. The second kappa shape index (κ2) is 21.1. The standard InChI is InChI=1S/C72H66FN5O2/c1-42(2)56-36-52(48-23-15-12-16-24-48)37-57(43(3)4)67(56)77-63-30-18-17-28-61(63)74-70(77)51-25-19-26-55(35-51)79-64-40-54(41-65-66(64)76-72(80-65)46(9)10)71-75-62-29-20-27-60(73)69(62)78(71)68-58(44(5)6)38-53(39-59(68)45(7)8)50-33-31-49(32-34-50)47-21-13-11-14-22-47/h11-46H,1-10H3. The fourth-order valence-electron chi connectivity index (χ4n) is 11.3. The van der Waals surface area contributed by atoms with Crippen molar-refractivity contribution < 1.29 is 13.5 Å². The van der Waals surface area contributed by atoms with Crippen LogP contribution < -0.4 is 4.74 Å². The van der Waals surface area contributed by atoms with Gasteiger partial charge in [-0.1, -0.05) is 184 Å². The number of nitrogens with zero attached hydrogens (tertiary/aromatic N) is 5. The summed E-state index contributed by atoms with van der Waals surface area (Å²) in [6, 6.07) is 64.8. The lowest BCUT2D eigenvalue weighted by atomic mass is 9.87. The van der Waals surface area contributed by atoms with Gasteiger partial charge in [0, 0.05) is 17.0 Å². The summed E-state index contributed by atoms with van der Waals surface area (Å²) in [4.78, 5) is 15.8. The minimum Gasteiger partial charge on any atom is -0.455 e. The second-order valence-electron chi connectivity index (χ2n) is 22.7. The zero-order valence-electron chi connectivity index (χ0n) is 47.2.